The van der Waals surface area contributed by atoms with Gasteiger partial charge in [-0.2, -0.15) is 10.5 Å². The SMILES string of the molecule is N#Cc1ccc(-c2ccc3c(c2)C2(c4ccccc4-3)c3ccccc3-n3c4c2cccc4c2c4ccccc4n(-c4ccccc4)c23)cc1.N#Cc1ccc(-c2ccc3c(c2)C2(c4ccccc4-3)c3ccccc3-n3c4cc5ccccc5nc4c4cccc2c43)cc1. The van der Waals surface area contributed by atoms with Crippen molar-refractivity contribution in [3.8, 4) is 73.7 Å². The van der Waals surface area contributed by atoms with E-state index in [0.29, 0.717) is 11.1 Å². The zero-order chi connectivity index (χ0) is 61.3. The van der Waals surface area contributed by atoms with E-state index in [1.807, 2.05) is 24.3 Å². The Balaban J connectivity index is 0.000000129. The fourth-order valence-electron chi connectivity index (χ4n) is 17.1. The monoisotopic (exact) mass is 1180 g/mol. The number of para-hydroxylation sites is 7. The van der Waals surface area contributed by atoms with Crippen LogP contribution >= 0.6 is 0 Å². The van der Waals surface area contributed by atoms with Crippen molar-refractivity contribution in [2.75, 3.05) is 0 Å². The lowest BCUT2D eigenvalue weighted by molar-refractivity contribution is 0.747. The summed E-state index contributed by atoms with van der Waals surface area (Å²) in [6.07, 6.45) is 0. The molecular weight excluding hydrogens is 1130 g/mol. The van der Waals surface area contributed by atoms with Crippen LogP contribution in [0.1, 0.15) is 55.6 Å². The molecule has 6 heterocycles. The predicted octanol–water partition coefficient (Wildman–Crippen LogP) is 20.5. The smallest absolute Gasteiger partial charge is 0.131 e. The van der Waals surface area contributed by atoms with Crippen molar-refractivity contribution in [3.05, 3.63) is 359 Å². The van der Waals surface area contributed by atoms with E-state index in [1.165, 1.54) is 122 Å². The molecule has 0 radical (unpaired) electrons. The number of fused-ring (bicyclic) bond motifs is 27. The third-order valence-electron chi connectivity index (χ3n) is 20.8. The Morgan fingerprint density at radius 3 is 1.39 bits per heavy atom. The number of hydrogen-bond acceptors (Lipinski definition) is 3. The van der Waals surface area contributed by atoms with Gasteiger partial charge >= 0.3 is 0 Å². The van der Waals surface area contributed by atoms with Crippen molar-refractivity contribution in [3.63, 3.8) is 0 Å². The number of rotatable bonds is 3. The summed E-state index contributed by atoms with van der Waals surface area (Å²) in [6, 6.07) is 114. The molecule has 0 saturated heterocycles. The van der Waals surface area contributed by atoms with E-state index in [0.717, 1.165) is 49.9 Å². The highest BCUT2D eigenvalue weighted by Gasteiger charge is 2.53. The highest BCUT2D eigenvalue weighted by atomic mass is 15.1. The lowest BCUT2D eigenvalue weighted by Gasteiger charge is -2.39. The topological polar surface area (TPSA) is 75.3 Å². The molecule has 0 amide bonds. The van der Waals surface area contributed by atoms with Gasteiger partial charge in [-0.05, 0) is 168 Å². The molecule has 13 aromatic carbocycles. The van der Waals surface area contributed by atoms with Crippen LogP contribution in [-0.2, 0) is 10.8 Å². The van der Waals surface area contributed by atoms with Crippen LogP contribution in [0, 0.1) is 22.7 Å². The molecule has 4 aliphatic rings. The van der Waals surface area contributed by atoms with Gasteiger partial charge < -0.3 is 4.57 Å². The van der Waals surface area contributed by atoms with Gasteiger partial charge in [-0.15, -0.1) is 0 Å². The molecule has 21 rings (SSSR count). The molecule has 2 aliphatic carbocycles. The molecule has 2 aliphatic heterocycles. The van der Waals surface area contributed by atoms with Crippen LogP contribution < -0.4 is 0 Å². The number of aromatic nitrogens is 4. The van der Waals surface area contributed by atoms with Crippen LogP contribution in [0.4, 0.5) is 0 Å². The van der Waals surface area contributed by atoms with Gasteiger partial charge in [0.1, 0.15) is 5.65 Å². The summed E-state index contributed by atoms with van der Waals surface area (Å²) in [5, 5.41) is 25.0. The van der Waals surface area contributed by atoms with Crippen molar-refractivity contribution >= 4 is 65.7 Å². The molecule has 0 N–H and O–H groups in total. The number of nitrogens with zero attached hydrogens (tertiary/aromatic N) is 6. The van der Waals surface area contributed by atoms with Crippen molar-refractivity contribution < 1.29 is 0 Å². The summed E-state index contributed by atoms with van der Waals surface area (Å²) in [7, 11) is 0. The molecule has 93 heavy (non-hydrogen) atoms. The molecule has 17 aromatic rings. The summed E-state index contributed by atoms with van der Waals surface area (Å²) < 4.78 is 7.44. The molecule has 2 atom stereocenters. The first-order chi connectivity index (χ1) is 46.1. The summed E-state index contributed by atoms with van der Waals surface area (Å²) in [5.41, 5.74) is 31.8. The Bertz CT molecular complexity index is 6200. The normalized spacial score (nSPS) is 15.6. The lowest BCUT2D eigenvalue weighted by atomic mass is 9.65. The average Bonchev–Trinajstić information content (AvgIpc) is 1.57. The summed E-state index contributed by atoms with van der Waals surface area (Å²) >= 11 is 0. The van der Waals surface area contributed by atoms with Crippen LogP contribution in [0.5, 0.6) is 0 Å². The predicted molar refractivity (Wildman–Crippen MR) is 376 cm³/mol. The van der Waals surface area contributed by atoms with E-state index in [-0.39, 0.29) is 0 Å². The van der Waals surface area contributed by atoms with E-state index in [1.54, 1.807) is 0 Å². The van der Waals surface area contributed by atoms with Gasteiger partial charge in [0.2, 0.25) is 0 Å². The van der Waals surface area contributed by atoms with Gasteiger partial charge in [-0.25, -0.2) is 4.98 Å². The Morgan fingerprint density at radius 1 is 0.312 bits per heavy atom. The van der Waals surface area contributed by atoms with Crippen LogP contribution in [0.3, 0.4) is 0 Å². The van der Waals surface area contributed by atoms with Gasteiger partial charge in [0.25, 0.3) is 0 Å². The molecule has 2 unspecified atom stereocenters. The highest BCUT2D eigenvalue weighted by Crippen LogP contribution is 2.64. The van der Waals surface area contributed by atoms with Crippen LogP contribution in [-0.4, -0.2) is 18.7 Å². The van der Waals surface area contributed by atoms with Gasteiger partial charge in [0, 0.05) is 32.6 Å². The lowest BCUT2D eigenvalue weighted by Crippen LogP contribution is -2.33. The van der Waals surface area contributed by atoms with Crippen LogP contribution in [0.15, 0.2) is 303 Å². The number of benzene rings is 13. The first-order valence-electron chi connectivity index (χ1n) is 31.7. The molecule has 2 spiro atoms. The molecule has 0 bridgehead atoms. The Labute approximate surface area is 535 Å². The number of nitriles is 2. The molecule has 6 nitrogen and oxygen atoms in total. The first-order valence-corrected chi connectivity index (χ1v) is 31.7. The van der Waals surface area contributed by atoms with Gasteiger partial charge in [0.15, 0.2) is 0 Å². The minimum atomic E-state index is -0.524. The number of hydrogen-bond donors (Lipinski definition) is 0. The quantitative estimate of drug-likeness (QED) is 0.177. The number of pyridine rings is 1. The zero-order valence-corrected chi connectivity index (χ0v) is 50.1. The maximum absolute atomic E-state index is 9.46. The fourth-order valence-corrected chi connectivity index (χ4v) is 17.1. The van der Waals surface area contributed by atoms with Crippen molar-refractivity contribution in [1.29, 1.82) is 10.5 Å². The second kappa shape index (κ2) is 19.0. The van der Waals surface area contributed by atoms with E-state index >= 15 is 0 Å². The fraction of sp³-hybridized carbons (Fsp3) is 0.0230. The Kier molecular flexibility index (Phi) is 10.5. The highest BCUT2D eigenvalue weighted by molar-refractivity contribution is 6.24. The zero-order valence-electron chi connectivity index (χ0n) is 50.1. The molecule has 4 aromatic heterocycles. The first kappa shape index (κ1) is 51.3. The van der Waals surface area contributed by atoms with E-state index in [4.69, 9.17) is 4.98 Å². The summed E-state index contributed by atoms with van der Waals surface area (Å²) in [5.74, 6) is 0. The minimum Gasteiger partial charge on any atom is -0.307 e. The largest absolute Gasteiger partial charge is 0.307 e. The van der Waals surface area contributed by atoms with Crippen LogP contribution in [0.2, 0.25) is 0 Å². The maximum atomic E-state index is 9.46. The summed E-state index contributed by atoms with van der Waals surface area (Å²) in [6.45, 7) is 0. The Hall–Kier alpha value is -12.6. The summed E-state index contributed by atoms with van der Waals surface area (Å²) in [4.78, 5) is 5.24. The van der Waals surface area contributed by atoms with E-state index in [2.05, 4.69) is 305 Å². The standard InChI is InChI=1S/C46H27N3.C41H23N3/c47-28-29-21-23-30(24-22-29)31-25-26-34-33-13-4-6-16-37(33)46(40(34)27-31)38-17-7-9-20-42(38)49-44-36(15-10-18-39(44)46)43-35-14-5-8-19-41(35)48(45(43)49)32-11-2-1-3-12-32;42-24-25-16-18-26(19-17-25)27-20-21-30-29-9-2-3-11-32(29)41(35(30)22-27)33-12-4-6-15-37(33)44-38-23-28-8-1-5-14-36(28)43-39(38)31-10-7-13-34(41)40(31)44/h1-27H;1-23H. The van der Waals surface area contributed by atoms with Gasteiger partial charge in [-0.1, -0.05) is 224 Å². The second-order valence-corrected chi connectivity index (χ2v) is 25.0. The maximum Gasteiger partial charge on any atom is 0.131 e. The van der Waals surface area contributed by atoms with E-state index in [9.17, 15) is 10.5 Å². The van der Waals surface area contributed by atoms with Crippen molar-refractivity contribution in [2.45, 2.75) is 10.8 Å². The van der Waals surface area contributed by atoms with Gasteiger partial charge in [-0.3, -0.25) is 9.13 Å². The molecule has 0 saturated carbocycles. The third-order valence-corrected chi connectivity index (χ3v) is 20.8. The Morgan fingerprint density at radius 2 is 0.774 bits per heavy atom. The van der Waals surface area contributed by atoms with Gasteiger partial charge in [0.05, 0.1) is 78.6 Å². The van der Waals surface area contributed by atoms with Crippen LogP contribution in [0.25, 0.3) is 127 Å². The molecular formula is C87H50N6. The van der Waals surface area contributed by atoms with Crippen molar-refractivity contribution in [2.24, 2.45) is 0 Å². The second-order valence-electron chi connectivity index (χ2n) is 25.0. The average molecular weight is 1180 g/mol. The minimum absolute atomic E-state index is 0.506. The van der Waals surface area contributed by atoms with E-state index < -0.39 is 10.8 Å². The van der Waals surface area contributed by atoms with Crippen molar-refractivity contribution in [1.82, 2.24) is 18.7 Å². The third kappa shape index (κ3) is 6.65. The molecule has 428 valence electrons. The molecule has 0 fully saturated rings. The molecule has 6 heteroatoms.